The summed E-state index contributed by atoms with van der Waals surface area (Å²) in [4.78, 5) is 12.9. The largest absolute Gasteiger partial charge is 0.380 e. The molecule has 0 unspecified atom stereocenters. The molecule has 31 heavy (non-hydrogen) atoms. The minimum atomic E-state index is -3.83. The molecule has 3 aromatic rings. The van der Waals surface area contributed by atoms with E-state index in [4.69, 9.17) is 4.74 Å². The Labute approximate surface area is 183 Å². The van der Waals surface area contributed by atoms with Gasteiger partial charge in [-0.25, -0.2) is 8.42 Å². The second-order valence-electron chi connectivity index (χ2n) is 7.34. The van der Waals surface area contributed by atoms with Crippen LogP contribution in [0.1, 0.15) is 32.6 Å². The number of aryl methyl sites for hydroxylation is 2. The number of sulfonamides is 1. The van der Waals surface area contributed by atoms with Crippen LogP contribution in [0.15, 0.2) is 71.6 Å². The Morgan fingerprint density at radius 2 is 1.68 bits per heavy atom. The molecule has 2 N–H and O–H groups in total. The molecule has 0 radical (unpaired) electrons. The summed E-state index contributed by atoms with van der Waals surface area (Å²) in [5.74, 6) is -0.336. The van der Waals surface area contributed by atoms with Gasteiger partial charge < -0.3 is 10.1 Å². The van der Waals surface area contributed by atoms with E-state index in [2.05, 4.69) is 10.0 Å². The third-order valence-electron chi connectivity index (χ3n) is 4.89. The summed E-state index contributed by atoms with van der Waals surface area (Å²) in [6.45, 7) is 4.43. The summed E-state index contributed by atoms with van der Waals surface area (Å²) in [5, 5.41) is 2.88. The van der Waals surface area contributed by atoms with Gasteiger partial charge in [-0.05, 0) is 60.4 Å². The molecule has 6 nitrogen and oxygen atoms in total. The van der Waals surface area contributed by atoms with Crippen LogP contribution in [-0.4, -0.2) is 21.4 Å². The Bertz CT molecular complexity index is 1190. The fraction of sp³-hybridized carbons (Fsp3) is 0.208. The number of methoxy groups -OCH3 is 1. The number of rotatable bonds is 8. The highest BCUT2D eigenvalue weighted by molar-refractivity contribution is 7.92. The molecule has 0 heterocycles. The van der Waals surface area contributed by atoms with Crippen molar-refractivity contribution in [1.82, 2.24) is 5.32 Å². The van der Waals surface area contributed by atoms with E-state index in [-0.39, 0.29) is 10.8 Å². The number of hydrogen-bond donors (Lipinski definition) is 2. The summed E-state index contributed by atoms with van der Waals surface area (Å²) < 4.78 is 33.4. The van der Waals surface area contributed by atoms with E-state index in [9.17, 15) is 13.2 Å². The van der Waals surface area contributed by atoms with Crippen molar-refractivity contribution in [2.45, 2.75) is 31.9 Å². The van der Waals surface area contributed by atoms with Crippen LogP contribution in [0.5, 0.6) is 0 Å². The molecule has 0 aromatic heterocycles. The van der Waals surface area contributed by atoms with Crippen molar-refractivity contribution >= 4 is 21.6 Å². The normalized spacial score (nSPS) is 11.2. The maximum absolute atomic E-state index is 12.8. The minimum Gasteiger partial charge on any atom is -0.380 e. The second kappa shape index (κ2) is 9.76. The molecule has 0 aliphatic heterocycles. The van der Waals surface area contributed by atoms with Crippen LogP contribution in [-0.2, 0) is 27.9 Å². The predicted molar refractivity (Wildman–Crippen MR) is 121 cm³/mol. The van der Waals surface area contributed by atoms with E-state index >= 15 is 0 Å². The van der Waals surface area contributed by atoms with E-state index in [0.29, 0.717) is 30.0 Å². The van der Waals surface area contributed by atoms with E-state index < -0.39 is 10.0 Å². The summed E-state index contributed by atoms with van der Waals surface area (Å²) in [7, 11) is -2.21. The topological polar surface area (TPSA) is 84.5 Å². The lowest BCUT2D eigenvalue weighted by atomic mass is 10.1. The van der Waals surface area contributed by atoms with Crippen LogP contribution in [0.2, 0.25) is 0 Å². The van der Waals surface area contributed by atoms with Crippen molar-refractivity contribution in [2.24, 2.45) is 0 Å². The molecule has 162 valence electrons. The summed E-state index contributed by atoms with van der Waals surface area (Å²) in [5.41, 5.74) is 4.36. The zero-order valence-electron chi connectivity index (χ0n) is 17.8. The van der Waals surface area contributed by atoms with E-state index in [0.717, 1.165) is 16.7 Å². The molecular weight excluding hydrogens is 412 g/mol. The van der Waals surface area contributed by atoms with Crippen molar-refractivity contribution in [2.75, 3.05) is 11.8 Å². The zero-order chi connectivity index (χ0) is 22.4. The summed E-state index contributed by atoms with van der Waals surface area (Å²) in [6.07, 6.45) is 0. The molecule has 0 saturated carbocycles. The predicted octanol–water partition coefficient (Wildman–Crippen LogP) is 4.18. The van der Waals surface area contributed by atoms with Crippen LogP contribution in [0.4, 0.5) is 5.69 Å². The number of amides is 1. The SMILES string of the molecule is COCc1ccccc1CNC(=O)c1cc(S(=O)(=O)Nc2cccc(C)c2)ccc1C. The van der Waals surface area contributed by atoms with E-state index in [1.165, 1.54) is 12.1 Å². The van der Waals surface area contributed by atoms with E-state index in [1.807, 2.05) is 37.3 Å². The number of ether oxygens (including phenoxy) is 1. The van der Waals surface area contributed by atoms with Gasteiger partial charge in [0.1, 0.15) is 0 Å². The maximum atomic E-state index is 12.8. The average Bonchev–Trinajstić information content (AvgIpc) is 2.73. The molecule has 3 rings (SSSR count). The molecule has 1 amide bonds. The van der Waals surface area contributed by atoms with Gasteiger partial charge in [0, 0.05) is 24.9 Å². The fourth-order valence-electron chi connectivity index (χ4n) is 3.23. The van der Waals surface area contributed by atoms with Crippen molar-refractivity contribution in [3.8, 4) is 0 Å². The molecule has 0 saturated heterocycles. The highest BCUT2D eigenvalue weighted by Crippen LogP contribution is 2.20. The molecule has 0 atom stereocenters. The Morgan fingerprint density at radius 1 is 0.935 bits per heavy atom. The Kier molecular flexibility index (Phi) is 7.09. The number of benzene rings is 3. The van der Waals surface area contributed by atoms with Gasteiger partial charge in [0.15, 0.2) is 0 Å². The lowest BCUT2D eigenvalue weighted by molar-refractivity contribution is 0.0949. The van der Waals surface area contributed by atoms with Crippen molar-refractivity contribution in [3.63, 3.8) is 0 Å². The zero-order valence-corrected chi connectivity index (χ0v) is 18.6. The van der Waals surface area contributed by atoms with Crippen LogP contribution >= 0.6 is 0 Å². The quantitative estimate of drug-likeness (QED) is 0.553. The number of anilines is 1. The first-order valence-corrected chi connectivity index (χ1v) is 11.3. The highest BCUT2D eigenvalue weighted by atomic mass is 32.2. The van der Waals surface area contributed by atoms with Crippen LogP contribution < -0.4 is 10.0 Å². The summed E-state index contributed by atoms with van der Waals surface area (Å²) >= 11 is 0. The molecule has 7 heteroatoms. The van der Waals surface area contributed by atoms with Crippen LogP contribution in [0.25, 0.3) is 0 Å². The van der Waals surface area contributed by atoms with Gasteiger partial charge in [0.2, 0.25) is 0 Å². The van der Waals surface area contributed by atoms with Gasteiger partial charge in [-0.3, -0.25) is 9.52 Å². The lowest BCUT2D eigenvalue weighted by Gasteiger charge is -2.13. The lowest BCUT2D eigenvalue weighted by Crippen LogP contribution is -2.25. The molecule has 3 aromatic carbocycles. The first kappa shape index (κ1) is 22.5. The molecule has 0 fully saturated rings. The van der Waals surface area contributed by atoms with Gasteiger partial charge in [0.25, 0.3) is 15.9 Å². The highest BCUT2D eigenvalue weighted by Gasteiger charge is 2.18. The Balaban J connectivity index is 1.79. The third-order valence-corrected chi connectivity index (χ3v) is 6.27. The van der Waals surface area contributed by atoms with E-state index in [1.54, 1.807) is 38.3 Å². The number of carbonyl (C=O) groups is 1. The average molecular weight is 439 g/mol. The molecular formula is C24H26N2O4S. The molecule has 0 spiro atoms. The monoisotopic (exact) mass is 438 g/mol. The fourth-order valence-corrected chi connectivity index (χ4v) is 4.31. The van der Waals surface area contributed by atoms with Crippen LogP contribution in [0, 0.1) is 13.8 Å². The molecule has 0 aliphatic carbocycles. The van der Waals surface area contributed by atoms with Crippen molar-refractivity contribution < 1.29 is 17.9 Å². The Hall–Kier alpha value is -3.16. The van der Waals surface area contributed by atoms with Gasteiger partial charge in [-0.15, -0.1) is 0 Å². The van der Waals surface area contributed by atoms with Crippen LogP contribution in [0.3, 0.4) is 0 Å². The third kappa shape index (κ3) is 5.71. The van der Waals surface area contributed by atoms with Gasteiger partial charge in [-0.2, -0.15) is 0 Å². The first-order chi connectivity index (χ1) is 14.8. The standard InChI is InChI=1S/C24H26N2O4S/c1-17-7-6-10-21(13-17)26-31(28,29)22-12-11-18(2)23(14-22)24(27)25-15-19-8-4-5-9-20(19)16-30-3/h4-14,26H,15-16H2,1-3H3,(H,25,27). The van der Waals surface area contributed by atoms with Crippen molar-refractivity contribution in [1.29, 1.82) is 0 Å². The number of carbonyl (C=O) groups excluding carboxylic acids is 1. The van der Waals surface area contributed by atoms with Crippen molar-refractivity contribution in [3.05, 3.63) is 94.5 Å². The Morgan fingerprint density at radius 3 is 2.39 bits per heavy atom. The van der Waals surface area contributed by atoms with Gasteiger partial charge in [0.05, 0.1) is 11.5 Å². The second-order valence-corrected chi connectivity index (χ2v) is 9.02. The molecule has 0 aliphatic rings. The first-order valence-electron chi connectivity index (χ1n) is 9.84. The smallest absolute Gasteiger partial charge is 0.261 e. The number of nitrogens with one attached hydrogen (secondary N) is 2. The number of hydrogen-bond acceptors (Lipinski definition) is 4. The molecule has 0 bridgehead atoms. The van der Waals surface area contributed by atoms with Gasteiger partial charge >= 0.3 is 0 Å². The minimum absolute atomic E-state index is 0.0320. The van der Waals surface area contributed by atoms with Gasteiger partial charge in [-0.1, -0.05) is 42.5 Å². The maximum Gasteiger partial charge on any atom is 0.261 e. The summed E-state index contributed by atoms with van der Waals surface area (Å²) in [6, 6.07) is 19.3.